The largest absolute Gasteiger partial charge is 0.354 e. The van der Waals surface area contributed by atoms with Gasteiger partial charge in [0.15, 0.2) is 0 Å². The van der Waals surface area contributed by atoms with Crippen LogP contribution in [0.1, 0.15) is 12.8 Å². The van der Waals surface area contributed by atoms with Gasteiger partial charge in [-0.2, -0.15) is 4.31 Å². The molecule has 0 saturated carbocycles. The quantitative estimate of drug-likeness (QED) is 0.752. The normalized spacial score (nSPS) is 20.7. The lowest BCUT2D eigenvalue weighted by Crippen LogP contribution is -2.44. The predicted molar refractivity (Wildman–Crippen MR) is 116 cm³/mol. The Bertz CT molecular complexity index is 1020. The van der Waals surface area contributed by atoms with Gasteiger partial charge in [0.2, 0.25) is 15.9 Å². The number of carbonyl (C=O) groups is 1. The molecule has 1 N–H and O–H groups in total. The van der Waals surface area contributed by atoms with E-state index in [2.05, 4.69) is 27.1 Å². The van der Waals surface area contributed by atoms with Crippen LogP contribution < -0.4 is 10.2 Å². The molecule has 2 aliphatic rings. The minimum absolute atomic E-state index is 0.0215. The van der Waals surface area contributed by atoms with Crippen LogP contribution in [0.4, 0.5) is 15.9 Å². The number of rotatable bonds is 5. The Labute approximate surface area is 181 Å². The van der Waals surface area contributed by atoms with Crippen LogP contribution in [0.25, 0.3) is 0 Å². The van der Waals surface area contributed by atoms with Crippen molar-refractivity contribution in [2.45, 2.75) is 23.8 Å². The lowest BCUT2D eigenvalue weighted by atomic mass is 10.2. The number of carbonyl (C=O) groups excluding carboxylic acids is 1. The van der Waals surface area contributed by atoms with E-state index in [4.69, 9.17) is 0 Å². The maximum absolute atomic E-state index is 13.2. The molecule has 10 heteroatoms. The first kappa shape index (κ1) is 21.7. The molecule has 0 bridgehead atoms. The molecule has 0 spiro atoms. The number of pyridine rings is 1. The van der Waals surface area contributed by atoms with E-state index < -0.39 is 27.8 Å². The van der Waals surface area contributed by atoms with Gasteiger partial charge in [-0.05, 0) is 56.3 Å². The number of anilines is 2. The summed E-state index contributed by atoms with van der Waals surface area (Å²) in [5.74, 6) is -0.0491. The zero-order valence-corrected chi connectivity index (χ0v) is 18.2. The molecule has 4 rings (SSSR count). The van der Waals surface area contributed by atoms with Crippen LogP contribution in [0.2, 0.25) is 0 Å². The second-order valence-corrected chi connectivity index (χ2v) is 9.80. The zero-order valence-electron chi connectivity index (χ0n) is 17.4. The van der Waals surface area contributed by atoms with Gasteiger partial charge in [-0.3, -0.25) is 4.79 Å². The molecule has 1 atom stereocenters. The molecule has 2 aromatic rings. The first-order valence-corrected chi connectivity index (χ1v) is 11.8. The number of piperazine rings is 1. The number of halogens is 1. The third-order valence-electron chi connectivity index (χ3n) is 5.77. The molecule has 2 aliphatic heterocycles. The fourth-order valence-corrected chi connectivity index (χ4v) is 5.60. The van der Waals surface area contributed by atoms with E-state index in [0.717, 1.165) is 44.1 Å². The Kier molecular flexibility index (Phi) is 6.22. The summed E-state index contributed by atoms with van der Waals surface area (Å²) in [6.45, 7) is 3.99. The van der Waals surface area contributed by atoms with Crippen molar-refractivity contribution in [3.8, 4) is 0 Å². The molecule has 0 aliphatic carbocycles. The maximum atomic E-state index is 13.2. The Morgan fingerprint density at radius 2 is 1.77 bits per heavy atom. The van der Waals surface area contributed by atoms with Gasteiger partial charge in [0.1, 0.15) is 17.7 Å². The van der Waals surface area contributed by atoms with E-state index in [1.807, 2.05) is 6.07 Å². The summed E-state index contributed by atoms with van der Waals surface area (Å²) >= 11 is 0. The van der Waals surface area contributed by atoms with Gasteiger partial charge in [-0.25, -0.2) is 17.8 Å². The van der Waals surface area contributed by atoms with E-state index in [0.29, 0.717) is 18.5 Å². The van der Waals surface area contributed by atoms with Gasteiger partial charge >= 0.3 is 0 Å². The van der Waals surface area contributed by atoms with Crippen LogP contribution in [0.3, 0.4) is 0 Å². The smallest absolute Gasteiger partial charge is 0.243 e. The number of aromatic nitrogens is 1. The lowest BCUT2D eigenvalue weighted by molar-refractivity contribution is -0.119. The minimum Gasteiger partial charge on any atom is -0.354 e. The number of nitrogens with zero attached hydrogens (tertiary/aromatic N) is 4. The molecule has 1 aromatic carbocycles. The van der Waals surface area contributed by atoms with Gasteiger partial charge in [-0.15, -0.1) is 0 Å². The summed E-state index contributed by atoms with van der Waals surface area (Å²) in [5.41, 5.74) is 0.522. The lowest BCUT2D eigenvalue weighted by Gasteiger charge is -2.33. The number of likely N-dealkylation sites (N-methyl/N-ethyl adjacent to an activating group) is 1. The highest BCUT2D eigenvalue weighted by Crippen LogP contribution is 2.27. The van der Waals surface area contributed by atoms with Crippen LogP contribution in [0.15, 0.2) is 47.5 Å². The van der Waals surface area contributed by atoms with Crippen molar-refractivity contribution in [2.24, 2.45) is 0 Å². The molecule has 1 aromatic heterocycles. The van der Waals surface area contributed by atoms with E-state index >= 15 is 0 Å². The SMILES string of the molecule is CN1CCN(c2ccc(NC(=O)[C@@H]3CCCN3S(=O)(=O)c3ccc(F)cc3)cn2)CC1. The third-order valence-corrected chi connectivity index (χ3v) is 7.69. The summed E-state index contributed by atoms with van der Waals surface area (Å²) in [7, 11) is -1.80. The minimum atomic E-state index is -3.89. The summed E-state index contributed by atoms with van der Waals surface area (Å²) in [4.78, 5) is 21.7. The maximum Gasteiger partial charge on any atom is 0.243 e. The molecule has 1 amide bonds. The fraction of sp³-hybridized carbons (Fsp3) is 0.429. The van der Waals surface area contributed by atoms with Gasteiger partial charge in [0.25, 0.3) is 0 Å². The highest BCUT2D eigenvalue weighted by molar-refractivity contribution is 7.89. The van der Waals surface area contributed by atoms with E-state index in [-0.39, 0.29) is 11.4 Å². The molecular weight excluding hydrogens is 421 g/mol. The molecule has 8 nitrogen and oxygen atoms in total. The fourth-order valence-electron chi connectivity index (χ4n) is 3.94. The molecular formula is C21H26FN5O3S. The summed E-state index contributed by atoms with van der Waals surface area (Å²) in [5, 5.41) is 2.79. The van der Waals surface area contributed by atoms with Gasteiger partial charge in [0, 0.05) is 32.7 Å². The average Bonchev–Trinajstić information content (AvgIpc) is 3.26. The van der Waals surface area contributed by atoms with Crippen molar-refractivity contribution < 1.29 is 17.6 Å². The van der Waals surface area contributed by atoms with Crippen LogP contribution in [-0.4, -0.2) is 74.3 Å². The van der Waals surface area contributed by atoms with Gasteiger partial charge in [-0.1, -0.05) is 0 Å². The molecule has 0 unspecified atom stereocenters. The summed E-state index contributed by atoms with van der Waals surface area (Å²) in [6, 6.07) is 7.48. The Hall–Kier alpha value is -2.56. The number of nitrogens with one attached hydrogen (secondary N) is 1. The first-order valence-electron chi connectivity index (χ1n) is 10.3. The average molecular weight is 448 g/mol. The van der Waals surface area contributed by atoms with Crippen molar-refractivity contribution in [1.29, 1.82) is 0 Å². The number of hydrogen-bond acceptors (Lipinski definition) is 6. The highest BCUT2D eigenvalue weighted by atomic mass is 32.2. The molecule has 2 fully saturated rings. The zero-order chi connectivity index (χ0) is 22.0. The van der Waals surface area contributed by atoms with E-state index in [1.54, 1.807) is 12.3 Å². The number of amides is 1. The van der Waals surface area contributed by atoms with Crippen LogP contribution in [0, 0.1) is 5.82 Å². The number of benzene rings is 1. The third kappa shape index (κ3) is 4.70. The van der Waals surface area contributed by atoms with Crippen LogP contribution in [-0.2, 0) is 14.8 Å². The van der Waals surface area contributed by atoms with Crippen LogP contribution >= 0.6 is 0 Å². The summed E-state index contributed by atoms with van der Waals surface area (Å²) in [6.07, 6.45) is 2.61. The number of sulfonamides is 1. The number of hydrogen-bond donors (Lipinski definition) is 1. The molecule has 166 valence electrons. The monoisotopic (exact) mass is 447 g/mol. The molecule has 2 saturated heterocycles. The summed E-state index contributed by atoms with van der Waals surface area (Å²) < 4.78 is 40.3. The van der Waals surface area contributed by atoms with Crippen molar-refractivity contribution in [3.05, 3.63) is 48.4 Å². The molecule has 31 heavy (non-hydrogen) atoms. The molecule has 3 heterocycles. The van der Waals surface area contributed by atoms with Crippen molar-refractivity contribution >= 4 is 27.4 Å². The topological polar surface area (TPSA) is 85.9 Å². The standard InChI is InChI=1S/C21H26FN5O3S/c1-25-11-13-26(14-12-25)20-9-6-17(15-23-20)24-21(28)19-3-2-10-27(19)31(29,30)18-7-4-16(22)5-8-18/h4-9,15,19H,2-3,10-14H2,1H3,(H,24,28)/t19-/m0/s1. The first-order chi connectivity index (χ1) is 14.8. The second kappa shape index (κ2) is 8.89. The predicted octanol–water partition coefficient (Wildman–Crippen LogP) is 1.76. The highest BCUT2D eigenvalue weighted by Gasteiger charge is 2.39. The Morgan fingerprint density at radius 1 is 1.06 bits per heavy atom. The van der Waals surface area contributed by atoms with Crippen molar-refractivity contribution in [1.82, 2.24) is 14.2 Å². The van der Waals surface area contributed by atoms with Crippen LogP contribution in [0.5, 0.6) is 0 Å². The van der Waals surface area contributed by atoms with E-state index in [1.165, 1.54) is 16.4 Å². The van der Waals surface area contributed by atoms with Gasteiger partial charge < -0.3 is 15.1 Å². The second-order valence-electron chi connectivity index (χ2n) is 7.91. The van der Waals surface area contributed by atoms with Crippen molar-refractivity contribution in [3.63, 3.8) is 0 Å². The van der Waals surface area contributed by atoms with E-state index in [9.17, 15) is 17.6 Å². The Balaban J connectivity index is 1.43. The van der Waals surface area contributed by atoms with Gasteiger partial charge in [0.05, 0.1) is 16.8 Å². The Morgan fingerprint density at radius 3 is 2.42 bits per heavy atom. The van der Waals surface area contributed by atoms with Crippen molar-refractivity contribution in [2.75, 3.05) is 50.0 Å². The molecule has 0 radical (unpaired) electrons.